The summed E-state index contributed by atoms with van der Waals surface area (Å²) in [5.74, 6) is -0.208. The fourth-order valence-electron chi connectivity index (χ4n) is 2.61. The van der Waals surface area contributed by atoms with Crippen LogP contribution in [0.25, 0.3) is 22.3 Å². The molecule has 1 N–H and O–H groups in total. The van der Waals surface area contributed by atoms with Crippen molar-refractivity contribution in [2.75, 3.05) is 6.61 Å². The molecule has 0 saturated heterocycles. The molecule has 2 aromatic heterocycles. The molecule has 3 aromatic rings. The van der Waals surface area contributed by atoms with Crippen molar-refractivity contribution in [2.24, 2.45) is 0 Å². The lowest BCUT2D eigenvalue weighted by Crippen LogP contribution is -2.31. The summed E-state index contributed by atoms with van der Waals surface area (Å²) in [6, 6.07) is 13.9. The molecule has 1 aromatic carbocycles. The van der Waals surface area contributed by atoms with Gasteiger partial charge in [-0.15, -0.1) is 0 Å². The number of aromatic nitrogens is 2. The normalized spacial score (nSPS) is 11.6. The molecule has 3 rings (SSSR count). The van der Waals surface area contributed by atoms with Gasteiger partial charge in [0.25, 0.3) is 0 Å². The number of pyridine rings is 1. The summed E-state index contributed by atoms with van der Waals surface area (Å²) >= 11 is 0. The number of H-pyrrole nitrogens is 1. The molecule has 0 aliphatic rings. The number of carbonyl (C=O) groups is 1. The standard InChI is InChI=1S/C19H20N2O2/c1-4-23-18(22)19(2,3)14-8-9-15-13(11-14)12-17(21-15)16-7-5-6-10-20-16/h5-12,21H,4H2,1-3H3. The molecule has 0 bridgehead atoms. The van der Waals surface area contributed by atoms with Crippen LogP contribution in [-0.4, -0.2) is 22.5 Å². The zero-order valence-corrected chi connectivity index (χ0v) is 13.6. The molecule has 2 heterocycles. The van der Waals surface area contributed by atoms with Crippen molar-refractivity contribution in [3.63, 3.8) is 0 Å². The van der Waals surface area contributed by atoms with Gasteiger partial charge in [-0.05, 0) is 56.7 Å². The lowest BCUT2D eigenvalue weighted by Gasteiger charge is -2.22. The largest absolute Gasteiger partial charge is 0.465 e. The minimum absolute atomic E-state index is 0.208. The van der Waals surface area contributed by atoms with Crippen molar-refractivity contribution in [1.82, 2.24) is 9.97 Å². The van der Waals surface area contributed by atoms with Crippen molar-refractivity contribution in [1.29, 1.82) is 0 Å². The van der Waals surface area contributed by atoms with Crippen molar-refractivity contribution in [2.45, 2.75) is 26.2 Å². The molecule has 23 heavy (non-hydrogen) atoms. The number of benzene rings is 1. The van der Waals surface area contributed by atoms with Gasteiger partial charge in [-0.2, -0.15) is 0 Å². The second-order valence-electron chi connectivity index (χ2n) is 6.05. The quantitative estimate of drug-likeness (QED) is 0.739. The number of rotatable bonds is 4. The third kappa shape index (κ3) is 2.84. The van der Waals surface area contributed by atoms with Crippen LogP contribution in [0.1, 0.15) is 26.3 Å². The predicted molar refractivity (Wildman–Crippen MR) is 91.2 cm³/mol. The first kappa shape index (κ1) is 15.3. The van der Waals surface area contributed by atoms with Gasteiger partial charge in [0.2, 0.25) is 0 Å². The number of aromatic amines is 1. The molecule has 4 nitrogen and oxygen atoms in total. The average Bonchev–Trinajstić information content (AvgIpc) is 2.99. The lowest BCUT2D eigenvalue weighted by molar-refractivity contribution is -0.148. The van der Waals surface area contributed by atoms with E-state index in [4.69, 9.17) is 4.74 Å². The molecular formula is C19H20N2O2. The highest BCUT2D eigenvalue weighted by Crippen LogP contribution is 2.30. The van der Waals surface area contributed by atoms with Crippen LogP contribution in [-0.2, 0) is 14.9 Å². The van der Waals surface area contributed by atoms with Crippen LogP contribution in [0.15, 0.2) is 48.7 Å². The molecule has 0 saturated carbocycles. The number of carbonyl (C=O) groups excluding carboxylic acids is 1. The molecule has 0 unspecified atom stereocenters. The van der Waals surface area contributed by atoms with Gasteiger partial charge >= 0.3 is 5.97 Å². The fourth-order valence-corrected chi connectivity index (χ4v) is 2.61. The fraction of sp³-hybridized carbons (Fsp3) is 0.263. The Morgan fingerprint density at radius 2 is 2.04 bits per heavy atom. The summed E-state index contributed by atoms with van der Waals surface area (Å²) in [6.07, 6.45) is 1.77. The summed E-state index contributed by atoms with van der Waals surface area (Å²) in [5.41, 5.74) is 3.15. The van der Waals surface area contributed by atoms with Crippen molar-refractivity contribution in [3.05, 3.63) is 54.2 Å². The second kappa shape index (κ2) is 5.88. The molecule has 0 fully saturated rings. The third-order valence-corrected chi connectivity index (χ3v) is 4.07. The zero-order chi connectivity index (χ0) is 16.4. The second-order valence-corrected chi connectivity index (χ2v) is 6.05. The van der Waals surface area contributed by atoms with Gasteiger partial charge in [0, 0.05) is 17.1 Å². The molecule has 118 valence electrons. The molecule has 0 amide bonds. The van der Waals surface area contributed by atoms with Crippen molar-refractivity contribution >= 4 is 16.9 Å². The smallest absolute Gasteiger partial charge is 0.315 e. The monoisotopic (exact) mass is 308 g/mol. The van der Waals surface area contributed by atoms with E-state index in [2.05, 4.69) is 16.0 Å². The third-order valence-electron chi connectivity index (χ3n) is 4.07. The Hall–Kier alpha value is -2.62. The van der Waals surface area contributed by atoms with Gasteiger partial charge in [0.1, 0.15) is 0 Å². The summed E-state index contributed by atoms with van der Waals surface area (Å²) in [5, 5.41) is 1.06. The highest BCUT2D eigenvalue weighted by Gasteiger charge is 2.31. The topological polar surface area (TPSA) is 55.0 Å². The van der Waals surface area contributed by atoms with Crippen LogP contribution in [0.2, 0.25) is 0 Å². The Kier molecular flexibility index (Phi) is 3.90. The molecule has 0 radical (unpaired) electrons. The molecule has 0 atom stereocenters. The molecule has 0 aliphatic carbocycles. The molecular weight excluding hydrogens is 288 g/mol. The highest BCUT2D eigenvalue weighted by atomic mass is 16.5. The number of ether oxygens (including phenoxy) is 1. The van der Waals surface area contributed by atoms with Gasteiger partial charge < -0.3 is 9.72 Å². The van der Waals surface area contributed by atoms with Crippen LogP contribution in [0, 0.1) is 0 Å². The minimum Gasteiger partial charge on any atom is -0.465 e. The zero-order valence-electron chi connectivity index (χ0n) is 13.6. The van der Waals surface area contributed by atoms with Crippen LogP contribution in [0.5, 0.6) is 0 Å². The Bertz CT molecular complexity index is 835. The summed E-state index contributed by atoms with van der Waals surface area (Å²) < 4.78 is 5.19. The Labute approximate surface area is 135 Å². The van der Waals surface area contributed by atoms with Gasteiger partial charge in [0.05, 0.1) is 23.4 Å². The number of esters is 1. The molecule has 0 spiro atoms. The maximum absolute atomic E-state index is 12.2. The Balaban J connectivity index is 2.01. The molecule has 4 heteroatoms. The van der Waals surface area contributed by atoms with E-state index in [1.807, 2.05) is 57.2 Å². The van der Waals surface area contributed by atoms with E-state index < -0.39 is 5.41 Å². The lowest BCUT2D eigenvalue weighted by atomic mass is 9.84. The predicted octanol–water partition coefficient (Wildman–Crippen LogP) is 4.07. The minimum atomic E-state index is -0.674. The van der Waals surface area contributed by atoms with Crippen LogP contribution >= 0.6 is 0 Å². The summed E-state index contributed by atoms with van der Waals surface area (Å²) in [7, 11) is 0. The summed E-state index contributed by atoms with van der Waals surface area (Å²) in [4.78, 5) is 19.9. The van der Waals surface area contributed by atoms with E-state index in [1.165, 1.54) is 0 Å². The first-order valence-electron chi connectivity index (χ1n) is 7.74. The number of nitrogens with zero attached hydrogens (tertiary/aromatic N) is 1. The van der Waals surface area contributed by atoms with Crippen molar-refractivity contribution < 1.29 is 9.53 Å². The Morgan fingerprint density at radius 1 is 1.22 bits per heavy atom. The summed E-state index contributed by atoms with van der Waals surface area (Å²) in [6.45, 7) is 5.98. The number of fused-ring (bicyclic) bond motifs is 1. The van der Waals surface area contributed by atoms with Gasteiger partial charge in [-0.25, -0.2) is 0 Å². The van der Waals surface area contributed by atoms with Crippen LogP contribution < -0.4 is 0 Å². The first-order valence-corrected chi connectivity index (χ1v) is 7.74. The number of hydrogen-bond acceptors (Lipinski definition) is 3. The number of nitrogens with one attached hydrogen (secondary N) is 1. The average molecular weight is 308 g/mol. The SMILES string of the molecule is CCOC(=O)C(C)(C)c1ccc2[nH]c(-c3ccccn3)cc2c1. The Morgan fingerprint density at radius 3 is 2.74 bits per heavy atom. The first-order chi connectivity index (χ1) is 11.0. The maximum atomic E-state index is 12.2. The van der Waals surface area contributed by atoms with E-state index >= 15 is 0 Å². The number of hydrogen-bond donors (Lipinski definition) is 1. The van der Waals surface area contributed by atoms with Crippen LogP contribution in [0.4, 0.5) is 0 Å². The van der Waals surface area contributed by atoms with E-state index in [-0.39, 0.29) is 5.97 Å². The van der Waals surface area contributed by atoms with E-state index in [9.17, 15) is 4.79 Å². The van der Waals surface area contributed by atoms with Gasteiger partial charge in [-0.1, -0.05) is 12.1 Å². The van der Waals surface area contributed by atoms with Gasteiger partial charge in [-0.3, -0.25) is 9.78 Å². The van der Waals surface area contributed by atoms with E-state index in [1.54, 1.807) is 6.20 Å². The molecule has 0 aliphatic heterocycles. The van der Waals surface area contributed by atoms with Crippen LogP contribution in [0.3, 0.4) is 0 Å². The van der Waals surface area contributed by atoms with Gasteiger partial charge in [0.15, 0.2) is 0 Å². The van der Waals surface area contributed by atoms with Crippen molar-refractivity contribution in [3.8, 4) is 11.4 Å². The highest BCUT2D eigenvalue weighted by molar-refractivity contribution is 5.89. The van der Waals surface area contributed by atoms with E-state index in [0.717, 1.165) is 27.9 Å². The van der Waals surface area contributed by atoms with E-state index in [0.29, 0.717) is 6.61 Å². The maximum Gasteiger partial charge on any atom is 0.315 e.